The molecule has 0 unspecified atom stereocenters. The summed E-state index contributed by atoms with van der Waals surface area (Å²) >= 11 is 0. The van der Waals surface area contributed by atoms with Crippen LogP contribution in [0.25, 0.3) is 21.6 Å². The zero-order valence-corrected chi connectivity index (χ0v) is 17.2. The lowest BCUT2D eigenvalue weighted by Gasteiger charge is -2.04. The number of ether oxygens (including phenoxy) is 1. The predicted octanol–water partition coefficient (Wildman–Crippen LogP) is 6.68. The minimum Gasteiger partial charge on any atom is -0.497 e. The van der Waals surface area contributed by atoms with Crippen LogP contribution >= 0.6 is 20.7 Å². The Morgan fingerprint density at radius 2 is 1.43 bits per heavy atom. The summed E-state index contributed by atoms with van der Waals surface area (Å²) in [6, 6.07) is 16.8. The maximum absolute atomic E-state index is 9.75. The van der Waals surface area contributed by atoms with E-state index in [1.54, 1.807) is 27.8 Å². The molecule has 0 fully saturated rings. The Morgan fingerprint density at radius 3 is 1.93 bits per heavy atom. The van der Waals surface area contributed by atoms with Gasteiger partial charge in [0, 0.05) is 17.3 Å². The molecule has 0 amide bonds. The topological polar surface area (TPSA) is 20.5 Å². The maximum Gasteiger partial charge on any atom is 0.673 e. The molecular formula is C19H19BF4O2S2. The molecule has 0 spiro atoms. The average Bonchev–Trinajstić information content (AvgIpc) is 3.05. The van der Waals surface area contributed by atoms with Gasteiger partial charge in [-0.05, 0) is 42.3 Å². The minimum absolute atomic E-state index is 0.675. The van der Waals surface area contributed by atoms with E-state index in [9.17, 15) is 17.3 Å². The fourth-order valence-corrected chi connectivity index (χ4v) is 5.02. The highest BCUT2D eigenvalue weighted by Gasteiger charge is 2.21. The van der Waals surface area contributed by atoms with Crippen molar-refractivity contribution < 1.29 is 22.0 Å². The Kier molecular flexibility index (Phi) is 7.83. The van der Waals surface area contributed by atoms with E-state index in [1.807, 2.05) is 19.1 Å². The maximum atomic E-state index is 9.75. The molecule has 0 atom stereocenters. The first-order valence-corrected chi connectivity index (χ1v) is 10.6. The first-order valence-electron chi connectivity index (χ1n) is 8.40. The molecule has 0 saturated carbocycles. The quantitative estimate of drug-likeness (QED) is 0.196. The van der Waals surface area contributed by atoms with Crippen LogP contribution in [0.15, 0.2) is 53.0 Å². The molecule has 2 aromatic carbocycles. The zero-order valence-electron chi connectivity index (χ0n) is 15.5. The van der Waals surface area contributed by atoms with Gasteiger partial charge < -0.3 is 22.0 Å². The van der Waals surface area contributed by atoms with Gasteiger partial charge in [-0.25, -0.2) is 4.42 Å². The Bertz CT molecular complexity index is 940. The molecule has 0 N–H and O–H groups in total. The van der Waals surface area contributed by atoms with E-state index in [0.717, 1.165) is 10.5 Å². The molecule has 0 aliphatic heterocycles. The van der Waals surface area contributed by atoms with Crippen LogP contribution in [0.3, 0.4) is 0 Å². The molecule has 0 saturated heterocycles. The summed E-state index contributed by atoms with van der Waals surface area (Å²) in [7, 11) is -0.862. The molecule has 0 bridgehead atoms. The summed E-state index contributed by atoms with van der Waals surface area (Å²) in [6.07, 6.45) is 0. The molecule has 0 radical (unpaired) electrons. The number of methoxy groups -OCH3 is 1. The summed E-state index contributed by atoms with van der Waals surface area (Å²) in [4.78, 5) is 1.24. The van der Waals surface area contributed by atoms with Crippen molar-refractivity contribution in [2.45, 2.75) is 13.8 Å². The van der Waals surface area contributed by atoms with Crippen molar-refractivity contribution in [2.75, 3.05) is 13.7 Å². The summed E-state index contributed by atoms with van der Waals surface area (Å²) in [6.45, 7) is 4.80. The van der Waals surface area contributed by atoms with Gasteiger partial charge in [0.25, 0.3) is 6.61 Å². The molecule has 1 heterocycles. The monoisotopic (exact) mass is 430 g/mol. The largest absolute Gasteiger partial charge is 0.673 e. The molecule has 0 aliphatic carbocycles. The van der Waals surface area contributed by atoms with E-state index in [1.165, 1.54) is 27.1 Å². The lowest BCUT2D eigenvalue weighted by atomic mass is 10.0. The van der Waals surface area contributed by atoms with Crippen LogP contribution in [0, 0.1) is 6.92 Å². The zero-order chi connectivity index (χ0) is 20.7. The fraction of sp³-hybridized carbons (Fsp3) is 0.211. The van der Waals surface area contributed by atoms with Gasteiger partial charge in [-0.1, -0.05) is 40.2 Å². The number of rotatable bonds is 4. The third-order valence-corrected chi connectivity index (χ3v) is 5.97. The summed E-state index contributed by atoms with van der Waals surface area (Å²) in [5, 5.41) is 0. The van der Waals surface area contributed by atoms with E-state index in [2.05, 4.69) is 43.3 Å². The van der Waals surface area contributed by atoms with E-state index >= 15 is 0 Å². The van der Waals surface area contributed by atoms with Crippen molar-refractivity contribution in [2.24, 2.45) is 0 Å². The van der Waals surface area contributed by atoms with Gasteiger partial charge in [0.2, 0.25) is 0 Å². The van der Waals surface area contributed by atoms with Gasteiger partial charge in [0.05, 0.1) is 12.0 Å². The van der Waals surface area contributed by atoms with Crippen molar-refractivity contribution in [1.29, 1.82) is 0 Å². The van der Waals surface area contributed by atoms with Crippen molar-refractivity contribution >= 4 is 27.9 Å². The van der Waals surface area contributed by atoms with Crippen molar-refractivity contribution in [3.05, 3.63) is 63.3 Å². The molecule has 9 heteroatoms. The van der Waals surface area contributed by atoms with Crippen molar-refractivity contribution in [1.82, 2.24) is 0 Å². The molecule has 2 nitrogen and oxygen atoms in total. The summed E-state index contributed by atoms with van der Waals surface area (Å²) < 4.78 is 51.1. The molecule has 1 aromatic heterocycles. The number of aryl methyl sites for hydroxylation is 1. The fourth-order valence-electron chi connectivity index (χ4n) is 2.39. The molecule has 3 rings (SSSR count). The van der Waals surface area contributed by atoms with Crippen LogP contribution in [0.2, 0.25) is 0 Å². The van der Waals surface area contributed by atoms with Gasteiger partial charge in [0.15, 0.2) is 0 Å². The minimum atomic E-state index is -6.00. The number of halogens is 4. The molecule has 28 heavy (non-hydrogen) atoms. The van der Waals surface area contributed by atoms with Gasteiger partial charge in [-0.15, -0.1) is 0 Å². The van der Waals surface area contributed by atoms with Gasteiger partial charge in [0.1, 0.15) is 11.3 Å². The van der Waals surface area contributed by atoms with Crippen LogP contribution in [0.4, 0.5) is 17.3 Å². The third-order valence-electron chi connectivity index (χ3n) is 3.60. The highest BCUT2D eigenvalue weighted by Crippen LogP contribution is 2.36. The van der Waals surface area contributed by atoms with Crippen LogP contribution in [-0.4, -0.2) is 21.0 Å². The first-order chi connectivity index (χ1) is 13.2. The van der Waals surface area contributed by atoms with E-state index < -0.39 is 7.25 Å². The van der Waals surface area contributed by atoms with Crippen LogP contribution in [0.1, 0.15) is 12.5 Å². The second-order valence-electron chi connectivity index (χ2n) is 5.68. The van der Waals surface area contributed by atoms with Crippen LogP contribution in [-0.2, 0) is 0 Å². The number of hydrogen-bond acceptors (Lipinski definition) is 3. The van der Waals surface area contributed by atoms with Crippen LogP contribution in [0.5, 0.6) is 5.75 Å². The Morgan fingerprint density at radius 1 is 0.893 bits per heavy atom. The number of hydrogen-bond donors (Lipinski definition) is 0. The van der Waals surface area contributed by atoms with Crippen molar-refractivity contribution in [3.8, 4) is 27.3 Å². The summed E-state index contributed by atoms with van der Waals surface area (Å²) in [5.74, 6) is 0.871. The van der Waals surface area contributed by atoms with Gasteiger partial charge in [-0.2, -0.15) is 0 Å². The highest BCUT2D eigenvalue weighted by molar-refractivity contribution is 7.70. The third kappa shape index (κ3) is 6.49. The molecule has 0 aliphatic rings. The lowest BCUT2D eigenvalue weighted by molar-refractivity contribution is 0.368. The second-order valence-corrected chi connectivity index (χ2v) is 7.79. The van der Waals surface area contributed by atoms with Gasteiger partial charge >= 0.3 is 12.0 Å². The van der Waals surface area contributed by atoms with E-state index in [0.29, 0.717) is 6.61 Å². The molecule has 150 valence electrons. The number of benzene rings is 2. The normalized spacial score (nSPS) is 11.8. The van der Waals surface area contributed by atoms with Crippen LogP contribution < -0.4 is 9.48 Å². The Hall–Kier alpha value is -2.13. The molecule has 3 aromatic rings. The first kappa shape index (κ1) is 22.2. The smallest absolute Gasteiger partial charge is 0.497 e. The van der Waals surface area contributed by atoms with Gasteiger partial charge in [-0.3, -0.25) is 0 Å². The Balaban J connectivity index is 0.000000500. The summed E-state index contributed by atoms with van der Waals surface area (Å²) in [5.41, 5.74) is 4.83. The predicted molar refractivity (Wildman–Crippen MR) is 111 cm³/mol. The standard InChI is InChI=1S/C19H19O2S2.BF4/c1-4-21-19-17(14-7-5-13(2)6-8-14)18(22-23-19)15-9-11-16(20-3)12-10-15;2-1(3,4)5/h5-12H,4H2,1-3H3;/q+1;-1. The Labute approximate surface area is 168 Å². The van der Waals surface area contributed by atoms with E-state index in [-0.39, 0.29) is 0 Å². The SMILES string of the molecule is CC[O+]=c1ssc(-c2ccc(OC)cc2)c1-c1ccc(C)cc1.F[B-](F)(F)F. The van der Waals surface area contributed by atoms with E-state index in [4.69, 9.17) is 9.16 Å². The van der Waals surface area contributed by atoms with Crippen molar-refractivity contribution in [3.63, 3.8) is 0 Å². The average molecular weight is 430 g/mol. The second kappa shape index (κ2) is 9.88. The lowest BCUT2D eigenvalue weighted by Crippen LogP contribution is -2.02. The highest BCUT2D eigenvalue weighted by atomic mass is 32.9. The molecular weight excluding hydrogens is 411 g/mol.